The molecule has 0 unspecified atom stereocenters. The number of Topliss-reactive ketones (excluding diaryl/α,β-unsaturated/α-hetero) is 1. The van der Waals surface area contributed by atoms with Crippen LogP contribution >= 0.6 is 11.3 Å². The molecule has 0 radical (unpaired) electrons. The average molecular weight is 233 g/mol. The van der Waals surface area contributed by atoms with Gasteiger partial charge in [-0.25, -0.2) is 0 Å². The summed E-state index contributed by atoms with van der Waals surface area (Å²) in [5.74, 6) is -0.109. The number of nitrogens with zero attached hydrogens (tertiary/aromatic N) is 1. The van der Waals surface area contributed by atoms with Crippen molar-refractivity contribution in [3.8, 4) is 6.07 Å². The number of aryl methyl sites for hydroxylation is 1. The second-order valence-corrected chi connectivity index (χ2v) is 5.66. The first kappa shape index (κ1) is 12.7. The van der Waals surface area contributed by atoms with Gasteiger partial charge in [-0.2, -0.15) is 5.26 Å². The minimum Gasteiger partial charge on any atom is -0.293 e. The van der Waals surface area contributed by atoms with E-state index in [1.54, 1.807) is 17.4 Å². The van der Waals surface area contributed by atoms with E-state index in [9.17, 15) is 4.79 Å². The van der Waals surface area contributed by atoms with E-state index in [0.717, 1.165) is 10.4 Å². The molecule has 0 aliphatic heterocycles. The molecule has 0 fully saturated rings. The minimum absolute atomic E-state index is 0.109. The van der Waals surface area contributed by atoms with Crippen LogP contribution in [0.5, 0.6) is 0 Å². The number of hydrogen-bond acceptors (Lipinski definition) is 3. The summed E-state index contributed by atoms with van der Waals surface area (Å²) in [4.78, 5) is 12.9. The van der Waals surface area contributed by atoms with E-state index in [1.165, 1.54) is 0 Å². The maximum atomic E-state index is 11.9. The molecule has 0 saturated heterocycles. The molecule has 0 aliphatic carbocycles. The second kappa shape index (κ2) is 4.63. The Morgan fingerprint density at radius 2 is 2.12 bits per heavy atom. The summed E-state index contributed by atoms with van der Waals surface area (Å²) in [6.07, 6.45) is 1.69. The summed E-state index contributed by atoms with van der Waals surface area (Å²) in [6, 6.07) is 3.97. The molecule has 16 heavy (non-hydrogen) atoms. The zero-order valence-electron chi connectivity index (χ0n) is 10.00. The Kier molecular flexibility index (Phi) is 3.66. The molecule has 0 aliphatic rings. The Hall–Kier alpha value is -1.40. The van der Waals surface area contributed by atoms with Gasteiger partial charge in [-0.15, -0.1) is 11.3 Å². The highest BCUT2D eigenvalue weighted by molar-refractivity contribution is 7.11. The van der Waals surface area contributed by atoms with Crippen LogP contribution in [0.3, 0.4) is 0 Å². The maximum Gasteiger partial charge on any atom is 0.178 e. The van der Waals surface area contributed by atoms with Gasteiger partial charge in [0.05, 0.1) is 5.57 Å². The number of nitriles is 1. The molecule has 1 heterocycles. The Morgan fingerprint density at radius 3 is 2.50 bits per heavy atom. The zero-order valence-corrected chi connectivity index (χ0v) is 10.8. The van der Waals surface area contributed by atoms with Crippen LogP contribution in [0.25, 0.3) is 6.08 Å². The lowest BCUT2D eigenvalue weighted by Gasteiger charge is -2.15. The van der Waals surface area contributed by atoms with Crippen molar-refractivity contribution in [2.24, 2.45) is 5.41 Å². The number of hydrogen-bond donors (Lipinski definition) is 0. The van der Waals surface area contributed by atoms with Crippen LogP contribution in [0.4, 0.5) is 0 Å². The van der Waals surface area contributed by atoms with E-state index >= 15 is 0 Å². The molecule has 3 heteroatoms. The molecule has 1 rings (SSSR count). The fraction of sp³-hybridized carbons (Fsp3) is 0.385. The Labute approximate surface area is 100 Å². The fourth-order valence-corrected chi connectivity index (χ4v) is 2.07. The fourth-order valence-electron chi connectivity index (χ4n) is 1.22. The largest absolute Gasteiger partial charge is 0.293 e. The minimum atomic E-state index is -0.507. The normalized spacial score (nSPS) is 12.3. The predicted molar refractivity (Wildman–Crippen MR) is 67.1 cm³/mol. The quantitative estimate of drug-likeness (QED) is 0.578. The highest BCUT2D eigenvalue weighted by atomic mass is 32.1. The van der Waals surface area contributed by atoms with Crippen molar-refractivity contribution in [1.82, 2.24) is 0 Å². The standard InChI is InChI=1S/C13H15NOS/c1-9-5-6-16-11(9)7-10(8-14)12(15)13(2,3)4/h5-7H,1-4H3. The van der Waals surface area contributed by atoms with Gasteiger partial charge in [0.1, 0.15) is 6.07 Å². The molecule has 1 aromatic heterocycles. The Morgan fingerprint density at radius 1 is 1.50 bits per heavy atom. The number of carbonyl (C=O) groups is 1. The summed E-state index contributed by atoms with van der Waals surface area (Å²) < 4.78 is 0. The molecule has 0 atom stereocenters. The van der Waals surface area contributed by atoms with Crippen molar-refractivity contribution in [3.63, 3.8) is 0 Å². The lowest BCUT2D eigenvalue weighted by molar-refractivity contribution is -0.121. The molecule has 0 amide bonds. The third kappa shape index (κ3) is 2.80. The van der Waals surface area contributed by atoms with Gasteiger partial charge in [-0.1, -0.05) is 20.8 Å². The highest BCUT2D eigenvalue weighted by Crippen LogP contribution is 2.24. The molecule has 0 spiro atoms. The van der Waals surface area contributed by atoms with Crippen LogP contribution in [-0.4, -0.2) is 5.78 Å². The van der Waals surface area contributed by atoms with E-state index in [4.69, 9.17) is 5.26 Å². The number of allylic oxidation sites excluding steroid dienone is 1. The van der Waals surface area contributed by atoms with Crippen molar-refractivity contribution in [3.05, 3.63) is 27.5 Å². The SMILES string of the molecule is Cc1ccsc1C=C(C#N)C(=O)C(C)(C)C. The number of rotatable bonds is 2. The predicted octanol–water partition coefficient (Wildman–Crippen LogP) is 3.58. The number of thiophene rings is 1. The average Bonchev–Trinajstić information content (AvgIpc) is 2.58. The van der Waals surface area contributed by atoms with Crippen molar-refractivity contribution in [1.29, 1.82) is 5.26 Å². The van der Waals surface area contributed by atoms with Gasteiger partial charge in [-0.05, 0) is 30.0 Å². The monoisotopic (exact) mass is 233 g/mol. The van der Waals surface area contributed by atoms with Crippen LogP contribution < -0.4 is 0 Å². The summed E-state index contributed by atoms with van der Waals surface area (Å²) >= 11 is 1.54. The topological polar surface area (TPSA) is 40.9 Å². The van der Waals surface area contributed by atoms with Crippen LogP contribution in [0.2, 0.25) is 0 Å². The smallest absolute Gasteiger partial charge is 0.178 e. The van der Waals surface area contributed by atoms with Crippen molar-refractivity contribution < 1.29 is 4.79 Å². The van der Waals surface area contributed by atoms with E-state index in [-0.39, 0.29) is 11.4 Å². The van der Waals surface area contributed by atoms with Crippen LogP contribution in [-0.2, 0) is 4.79 Å². The molecule has 2 nitrogen and oxygen atoms in total. The molecule has 1 aromatic rings. The van der Waals surface area contributed by atoms with E-state index in [2.05, 4.69) is 0 Å². The first-order valence-corrected chi connectivity index (χ1v) is 5.95. The van der Waals surface area contributed by atoms with Crippen molar-refractivity contribution in [2.75, 3.05) is 0 Å². The van der Waals surface area contributed by atoms with E-state index < -0.39 is 5.41 Å². The van der Waals surface area contributed by atoms with E-state index in [0.29, 0.717) is 0 Å². The summed E-state index contributed by atoms with van der Waals surface area (Å²) in [5, 5.41) is 11.0. The van der Waals surface area contributed by atoms with Gasteiger partial charge in [0.15, 0.2) is 5.78 Å². The van der Waals surface area contributed by atoms with E-state index in [1.807, 2.05) is 45.2 Å². The molecular formula is C13H15NOS. The molecule has 0 N–H and O–H groups in total. The third-order valence-electron chi connectivity index (χ3n) is 2.22. The first-order valence-electron chi connectivity index (χ1n) is 5.07. The maximum absolute atomic E-state index is 11.9. The van der Waals surface area contributed by atoms with Crippen molar-refractivity contribution in [2.45, 2.75) is 27.7 Å². The Bertz CT molecular complexity index is 469. The number of carbonyl (C=O) groups excluding carboxylic acids is 1. The number of ketones is 1. The second-order valence-electron chi connectivity index (χ2n) is 4.72. The van der Waals surface area contributed by atoms with Crippen molar-refractivity contribution >= 4 is 23.2 Å². The lowest BCUT2D eigenvalue weighted by atomic mass is 9.86. The molecule has 0 bridgehead atoms. The van der Waals surface area contributed by atoms with Gasteiger partial charge in [0, 0.05) is 10.3 Å². The highest BCUT2D eigenvalue weighted by Gasteiger charge is 2.25. The Balaban J connectivity index is 3.11. The van der Waals surface area contributed by atoms with Gasteiger partial charge in [-0.3, -0.25) is 4.79 Å². The van der Waals surface area contributed by atoms with Crippen LogP contribution in [0.1, 0.15) is 31.2 Å². The molecule has 0 saturated carbocycles. The van der Waals surface area contributed by atoms with Gasteiger partial charge < -0.3 is 0 Å². The lowest BCUT2D eigenvalue weighted by Crippen LogP contribution is -2.21. The van der Waals surface area contributed by atoms with Gasteiger partial charge >= 0.3 is 0 Å². The zero-order chi connectivity index (χ0) is 12.3. The van der Waals surface area contributed by atoms with Crippen LogP contribution in [0.15, 0.2) is 17.0 Å². The summed E-state index contributed by atoms with van der Waals surface area (Å²) in [6.45, 7) is 7.43. The summed E-state index contributed by atoms with van der Waals surface area (Å²) in [5.41, 5.74) is 0.824. The summed E-state index contributed by atoms with van der Waals surface area (Å²) in [7, 11) is 0. The molecule has 84 valence electrons. The van der Waals surface area contributed by atoms with Gasteiger partial charge in [0.25, 0.3) is 0 Å². The first-order chi connectivity index (χ1) is 7.36. The molecule has 0 aromatic carbocycles. The van der Waals surface area contributed by atoms with Crippen LogP contribution in [0, 0.1) is 23.7 Å². The van der Waals surface area contributed by atoms with Gasteiger partial charge in [0.2, 0.25) is 0 Å². The molecular weight excluding hydrogens is 218 g/mol. The third-order valence-corrected chi connectivity index (χ3v) is 3.19.